The second-order valence-corrected chi connectivity index (χ2v) is 13.6. The van der Waals surface area contributed by atoms with Crippen LogP contribution in [0.25, 0.3) is 0 Å². The molecule has 0 unspecified atom stereocenters. The molecule has 0 saturated carbocycles. The number of nitrogens with zero attached hydrogens (tertiary/aromatic N) is 2. The van der Waals surface area contributed by atoms with Crippen LogP contribution < -0.4 is 28.6 Å². The topological polar surface area (TPSA) is 124 Å². The first kappa shape index (κ1) is 36.0. The van der Waals surface area contributed by atoms with Crippen molar-refractivity contribution >= 4 is 27.5 Å². The highest BCUT2D eigenvalue weighted by molar-refractivity contribution is 7.92. The maximum atomic E-state index is 14.5. The van der Waals surface area contributed by atoms with Crippen molar-refractivity contribution in [2.45, 2.75) is 64.1 Å². The fraction of sp³-hybridized carbons (Fsp3) is 0.412. The second kappa shape index (κ2) is 15.2. The summed E-state index contributed by atoms with van der Waals surface area (Å²) in [7, 11) is 1.26. The molecule has 0 aliphatic carbocycles. The Morgan fingerprint density at radius 2 is 1.43 bits per heavy atom. The lowest BCUT2D eigenvalue weighted by molar-refractivity contribution is -0.141. The highest BCUT2D eigenvalue weighted by Gasteiger charge is 2.36. The number of aryl methyl sites for hydroxylation is 1. The van der Waals surface area contributed by atoms with Gasteiger partial charge in [0.2, 0.25) is 11.8 Å². The third-order valence-electron chi connectivity index (χ3n) is 7.23. The zero-order chi connectivity index (χ0) is 34.2. The van der Waals surface area contributed by atoms with Gasteiger partial charge < -0.3 is 29.2 Å². The van der Waals surface area contributed by atoms with Crippen molar-refractivity contribution in [3.63, 3.8) is 0 Å². The van der Waals surface area contributed by atoms with Gasteiger partial charge in [-0.1, -0.05) is 36.8 Å². The smallest absolute Gasteiger partial charge is 0.265 e. The van der Waals surface area contributed by atoms with Gasteiger partial charge in [0, 0.05) is 24.2 Å². The number of carbonyl (C=O) groups excluding carboxylic acids is 2. The number of methoxy groups -OCH3 is 4. The predicted molar refractivity (Wildman–Crippen MR) is 177 cm³/mol. The van der Waals surface area contributed by atoms with E-state index in [2.05, 4.69) is 5.32 Å². The Kier molecular flexibility index (Phi) is 11.9. The summed E-state index contributed by atoms with van der Waals surface area (Å²) in [5, 5.41) is 2.97. The summed E-state index contributed by atoms with van der Waals surface area (Å²) >= 11 is 0. The van der Waals surface area contributed by atoms with Gasteiger partial charge in [-0.05, 0) is 63.9 Å². The molecular formula is C34H45N3O8S. The molecule has 3 rings (SSSR count). The monoisotopic (exact) mass is 655 g/mol. The third-order valence-corrected chi connectivity index (χ3v) is 8.99. The van der Waals surface area contributed by atoms with Crippen molar-refractivity contribution < 1.29 is 37.0 Å². The Morgan fingerprint density at radius 1 is 0.826 bits per heavy atom. The Hall–Kier alpha value is -4.45. The summed E-state index contributed by atoms with van der Waals surface area (Å²) in [4.78, 5) is 29.3. The normalized spacial score (nSPS) is 12.1. The van der Waals surface area contributed by atoms with E-state index in [0.29, 0.717) is 17.9 Å². The summed E-state index contributed by atoms with van der Waals surface area (Å²) in [5.74, 6) is 0.138. The molecule has 0 bridgehead atoms. The van der Waals surface area contributed by atoms with E-state index < -0.39 is 34.1 Å². The van der Waals surface area contributed by atoms with Gasteiger partial charge in [-0.25, -0.2) is 8.42 Å². The predicted octanol–water partition coefficient (Wildman–Crippen LogP) is 4.95. The van der Waals surface area contributed by atoms with Gasteiger partial charge in [0.1, 0.15) is 24.1 Å². The van der Waals surface area contributed by atoms with E-state index in [4.69, 9.17) is 18.9 Å². The van der Waals surface area contributed by atoms with Crippen molar-refractivity contribution in [1.82, 2.24) is 10.2 Å². The van der Waals surface area contributed by atoms with Gasteiger partial charge in [-0.15, -0.1) is 0 Å². The van der Waals surface area contributed by atoms with E-state index in [9.17, 15) is 18.0 Å². The van der Waals surface area contributed by atoms with Crippen molar-refractivity contribution in [1.29, 1.82) is 0 Å². The number of ether oxygens (including phenoxy) is 4. The molecule has 0 heterocycles. The Balaban J connectivity index is 2.20. The van der Waals surface area contributed by atoms with E-state index in [-0.39, 0.29) is 34.5 Å². The first-order valence-corrected chi connectivity index (χ1v) is 16.3. The molecular weight excluding hydrogens is 610 g/mol. The zero-order valence-electron chi connectivity index (χ0n) is 28.0. The molecule has 0 aromatic heterocycles. The standard InChI is InChI=1S/C34H45N3O8S/c1-10-27(33(39)35-34(3,4)5)36(21-24-13-11-23(2)12-14-24)32(38)22-37(28-19-25(42-6)15-17-29(28)43-7)46(40,41)26-16-18-30(44-8)31(20-26)45-9/h11-20,27H,10,21-22H2,1-9H3,(H,35,39)/t27-/m1/s1. The Bertz CT molecular complexity index is 1620. The third kappa shape index (κ3) is 8.63. The summed E-state index contributed by atoms with van der Waals surface area (Å²) in [6.45, 7) is 8.77. The molecule has 250 valence electrons. The van der Waals surface area contributed by atoms with Gasteiger partial charge >= 0.3 is 0 Å². The first-order valence-electron chi connectivity index (χ1n) is 14.8. The van der Waals surface area contributed by atoms with Gasteiger partial charge in [0.05, 0.1) is 39.0 Å². The highest BCUT2D eigenvalue weighted by Crippen LogP contribution is 2.38. The highest BCUT2D eigenvalue weighted by atomic mass is 32.2. The summed E-state index contributed by atoms with van der Waals surface area (Å²) in [6, 6.07) is 15.6. The van der Waals surface area contributed by atoms with E-state index in [1.54, 1.807) is 12.1 Å². The number of benzene rings is 3. The van der Waals surface area contributed by atoms with Crippen LogP contribution in [0, 0.1) is 6.92 Å². The average molecular weight is 656 g/mol. The van der Waals surface area contributed by atoms with Gasteiger partial charge in [-0.3, -0.25) is 13.9 Å². The summed E-state index contributed by atoms with van der Waals surface area (Å²) in [6.07, 6.45) is 0.296. The number of anilines is 1. The molecule has 0 saturated heterocycles. The summed E-state index contributed by atoms with van der Waals surface area (Å²) < 4.78 is 51.5. The maximum absolute atomic E-state index is 14.5. The molecule has 12 heteroatoms. The lowest BCUT2D eigenvalue weighted by atomic mass is 10.1. The average Bonchev–Trinajstić information content (AvgIpc) is 3.02. The number of rotatable bonds is 14. The Morgan fingerprint density at radius 3 is 1.98 bits per heavy atom. The molecule has 0 fully saturated rings. The van der Waals surface area contributed by atoms with E-state index in [1.807, 2.05) is 58.9 Å². The quantitative estimate of drug-likeness (QED) is 0.259. The lowest BCUT2D eigenvalue weighted by Crippen LogP contribution is -2.55. The van der Waals surface area contributed by atoms with Crippen molar-refractivity contribution in [3.8, 4) is 23.0 Å². The van der Waals surface area contributed by atoms with Crippen LogP contribution in [0.4, 0.5) is 5.69 Å². The second-order valence-electron chi connectivity index (χ2n) is 11.7. The van der Waals surface area contributed by atoms with Gasteiger partial charge in [0.25, 0.3) is 10.0 Å². The van der Waals surface area contributed by atoms with Crippen LogP contribution in [-0.4, -0.2) is 71.7 Å². The van der Waals surface area contributed by atoms with Crippen LogP contribution >= 0.6 is 0 Å². The van der Waals surface area contributed by atoms with Crippen LogP contribution in [0.1, 0.15) is 45.2 Å². The van der Waals surface area contributed by atoms with Crippen LogP contribution in [0.2, 0.25) is 0 Å². The molecule has 2 amide bonds. The van der Waals surface area contributed by atoms with Crippen LogP contribution in [-0.2, 0) is 26.2 Å². The largest absolute Gasteiger partial charge is 0.497 e. The number of carbonyl (C=O) groups is 2. The van der Waals surface area contributed by atoms with Gasteiger partial charge in [0.15, 0.2) is 11.5 Å². The van der Waals surface area contributed by atoms with E-state index in [0.717, 1.165) is 15.4 Å². The van der Waals surface area contributed by atoms with Crippen LogP contribution in [0.5, 0.6) is 23.0 Å². The lowest BCUT2D eigenvalue weighted by Gasteiger charge is -2.35. The minimum Gasteiger partial charge on any atom is -0.497 e. The molecule has 3 aromatic carbocycles. The van der Waals surface area contributed by atoms with Crippen LogP contribution in [0.15, 0.2) is 65.6 Å². The molecule has 1 N–H and O–H groups in total. The fourth-order valence-corrected chi connectivity index (χ4v) is 6.30. The van der Waals surface area contributed by atoms with Gasteiger partial charge in [-0.2, -0.15) is 0 Å². The Labute approximate surface area is 272 Å². The number of sulfonamides is 1. The number of hydrogen-bond acceptors (Lipinski definition) is 8. The number of nitrogens with one attached hydrogen (secondary N) is 1. The molecule has 0 spiro atoms. The molecule has 0 radical (unpaired) electrons. The SMILES string of the molecule is CC[C@H](C(=O)NC(C)(C)C)N(Cc1ccc(C)cc1)C(=O)CN(c1cc(OC)ccc1OC)S(=O)(=O)c1ccc(OC)c(OC)c1. The maximum Gasteiger partial charge on any atom is 0.265 e. The number of amides is 2. The number of hydrogen-bond donors (Lipinski definition) is 1. The van der Waals surface area contributed by atoms with Crippen molar-refractivity contribution in [3.05, 3.63) is 71.8 Å². The molecule has 11 nitrogen and oxygen atoms in total. The van der Waals surface area contributed by atoms with E-state index in [1.165, 1.54) is 57.6 Å². The first-order chi connectivity index (χ1) is 21.7. The van der Waals surface area contributed by atoms with Crippen molar-refractivity contribution in [2.75, 3.05) is 39.3 Å². The van der Waals surface area contributed by atoms with Crippen molar-refractivity contribution in [2.24, 2.45) is 0 Å². The molecule has 3 aromatic rings. The molecule has 1 atom stereocenters. The zero-order valence-corrected chi connectivity index (χ0v) is 28.9. The summed E-state index contributed by atoms with van der Waals surface area (Å²) in [5.41, 5.74) is 1.35. The minimum atomic E-state index is -4.44. The van der Waals surface area contributed by atoms with Crippen LogP contribution in [0.3, 0.4) is 0 Å². The van der Waals surface area contributed by atoms with E-state index >= 15 is 0 Å². The molecule has 46 heavy (non-hydrogen) atoms. The fourth-order valence-electron chi connectivity index (χ4n) is 4.87. The molecule has 0 aliphatic rings. The minimum absolute atomic E-state index is 0.0764. The molecule has 0 aliphatic heterocycles.